The zero-order valence-corrected chi connectivity index (χ0v) is 20.7. The van der Waals surface area contributed by atoms with Gasteiger partial charge in [-0.2, -0.15) is 0 Å². The lowest BCUT2D eigenvalue weighted by atomic mass is 9.92. The summed E-state index contributed by atoms with van der Waals surface area (Å²) in [5.74, 6) is 0. The standard InChI is InChI=1S/C16H20N2.C14H16N2/c1-3-11-9-13(17)5-7-15(11)16-8-6-14(18)10-12(16)4-2;1-9-7-11(3-5-13(9)15)12-4-6-14(16)10(2)8-12/h5-10H,3-4,17-18H2,1-2H3;3-8H,15-16H2,1-2H3. The molecule has 0 aliphatic heterocycles. The van der Waals surface area contributed by atoms with E-state index in [2.05, 4.69) is 50.2 Å². The summed E-state index contributed by atoms with van der Waals surface area (Å²) in [6.07, 6.45) is 1.96. The van der Waals surface area contributed by atoms with E-state index in [9.17, 15) is 0 Å². The van der Waals surface area contributed by atoms with Crippen LogP contribution in [0.3, 0.4) is 0 Å². The first-order valence-electron chi connectivity index (χ1n) is 11.7. The first-order valence-corrected chi connectivity index (χ1v) is 11.7. The number of nitrogen functional groups attached to an aromatic ring is 4. The van der Waals surface area contributed by atoms with Gasteiger partial charge in [-0.25, -0.2) is 0 Å². The van der Waals surface area contributed by atoms with Gasteiger partial charge >= 0.3 is 0 Å². The molecule has 34 heavy (non-hydrogen) atoms. The quantitative estimate of drug-likeness (QED) is 0.256. The molecule has 0 amide bonds. The van der Waals surface area contributed by atoms with E-state index in [-0.39, 0.29) is 0 Å². The minimum Gasteiger partial charge on any atom is -0.399 e. The Kier molecular flexibility index (Phi) is 7.85. The van der Waals surface area contributed by atoms with Gasteiger partial charge in [0.25, 0.3) is 0 Å². The maximum Gasteiger partial charge on any atom is 0.0344 e. The predicted octanol–water partition coefficient (Wildman–Crippen LogP) is 6.78. The summed E-state index contributed by atoms with van der Waals surface area (Å²) in [7, 11) is 0. The monoisotopic (exact) mass is 452 g/mol. The van der Waals surface area contributed by atoms with Gasteiger partial charge in [-0.1, -0.05) is 38.1 Å². The smallest absolute Gasteiger partial charge is 0.0344 e. The van der Waals surface area contributed by atoms with Crippen molar-refractivity contribution in [2.24, 2.45) is 0 Å². The first kappa shape index (κ1) is 24.7. The number of rotatable bonds is 4. The highest BCUT2D eigenvalue weighted by atomic mass is 14.6. The van der Waals surface area contributed by atoms with E-state index in [0.29, 0.717) is 0 Å². The van der Waals surface area contributed by atoms with Gasteiger partial charge in [-0.3, -0.25) is 0 Å². The average Bonchev–Trinajstić information content (AvgIpc) is 2.83. The number of nitrogens with two attached hydrogens (primary N) is 4. The largest absolute Gasteiger partial charge is 0.399 e. The van der Waals surface area contributed by atoms with Crippen molar-refractivity contribution in [1.29, 1.82) is 0 Å². The summed E-state index contributed by atoms with van der Waals surface area (Å²) < 4.78 is 0. The second-order valence-electron chi connectivity index (χ2n) is 8.68. The van der Waals surface area contributed by atoms with Crippen LogP contribution in [0.5, 0.6) is 0 Å². The second kappa shape index (κ2) is 10.8. The van der Waals surface area contributed by atoms with Crippen LogP contribution >= 0.6 is 0 Å². The molecular formula is C30H36N4. The third-order valence-electron chi connectivity index (χ3n) is 6.18. The van der Waals surface area contributed by atoms with Crippen molar-refractivity contribution in [2.75, 3.05) is 22.9 Å². The number of hydrogen-bond acceptors (Lipinski definition) is 4. The van der Waals surface area contributed by atoms with Crippen LogP contribution in [0, 0.1) is 13.8 Å². The van der Waals surface area contributed by atoms with Crippen LogP contribution in [0.1, 0.15) is 36.1 Å². The summed E-state index contributed by atoms with van der Waals surface area (Å²) in [6.45, 7) is 8.34. The topological polar surface area (TPSA) is 104 Å². The Morgan fingerprint density at radius 2 is 0.882 bits per heavy atom. The van der Waals surface area contributed by atoms with Crippen LogP contribution in [0.15, 0.2) is 72.8 Å². The van der Waals surface area contributed by atoms with E-state index >= 15 is 0 Å². The van der Waals surface area contributed by atoms with Gasteiger partial charge in [-0.15, -0.1) is 0 Å². The van der Waals surface area contributed by atoms with Gasteiger partial charge in [0.15, 0.2) is 0 Å². The van der Waals surface area contributed by atoms with Gasteiger partial charge in [0, 0.05) is 22.7 Å². The number of hydrogen-bond donors (Lipinski definition) is 4. The van der Waals surface area contributed by atoms with Crippen molar-refractivity contribution in [2.45, 2.75) is 40.5 Å². The Balaban J connectivity index is 0.000000192. The zero-order valence-electron chi connectivity index (χ0n) is 20.7. The normalized spacial score (nSPS) is 10.5. The van der Waals surface area contributed by atoms with Crippen LogP contribution in [-0.2, 0) is 12.8 Å². The van der Waals surface area contributed by atoms with Gasteiger partial charge < -0.3 is 22.9 Å². The highest BCUT2D eigenvalue weighted by Crippen LogP contribution is 2.31. The molecule has 0 unspecified atom stereocenters. The van der Waals surface area contributed by atoms with Gasteiger partial charge in [0.2, 0.25) is 0 Å². The first-order chi connectivity index (χ1) is 16.2. The molecule has 4 aromatic carbocycles. The van der Waals surface area contributed by atoms with E-state index in [4.69, 9.17) is 22.9 Å². The Hall–Kier alpha value is -3.92. The zero-order chi connectivity index (χ0) is 24.8. The maximum atomic E-state index is 5.86. The third kappa shape index (κ3) is 5.70. The van der Waals surface area contributed by atoms with E-state index in [1.807, 2.05) is 50.2 Å². The van der Waals surface area contributed by atoms with Crippen molar-refractivity contribution in [3.8, 4) is 22.3 Å². The molecular weight excluding hydrogens is 416 g/mol. The Morgan fingerprint density at radius 3 is 1.21 bits per heavy atom. The fourth-order valence-corrected chi connectivity index (χ4v) is 4.05. The number of anilines is 4. The van der Waals surface area contributed by atoms with Gasteiger partial charge in [-0.05, 0) is 120 Å². The minimum absolute atomic E-state index is 0.823. The lowest BCUT2D eigenvalue weighted by Crippen LogP contribution is -1.96. The summed E-state index contributed by atoms with van der Waals surface area (Å²) in [4.78, 5) is 0. The molecule has 176 valence electrons. The fraction of sp³-hybridized carbons (Fsp3) is 0.200. The van der Waals surface area contributed by atoms with Crippen LogP contribution in [0.25, 0.3) is 22.3 Å². The van der Waals surface area contributed by atoms with Crippen molar-refractivity contribution < 1.29 is 0 Å². The fourth-order valence-electron chi connectivity index (χ4n) is 4.05. The second-order valence-corrected chi connectivity index (χ2v) is 8.68. The van der Waals surface area contributed by atoms with Crippen molar-refractivity contribution in [1.82, 2.24) is 0 Å². The molecule has 0 fully saturated rings. The maximum absolute atomic E-state index is 5.86. The summed E-state index contributed by atoms with van der Waals surface area (Å²) >= 11 is 0. The van der Waals surface area contributed by atoms with Crippen molar-refractivity contribution in [3.63, 3.8) is 0 Å². The number of aryl methyl sites for hydroxylation is 4. The molecule has 0 radical (unpaired) electrons. The van der Waals surface area contributed by atoms with Crippen molar-refractivity contribution >= 4 is 22.7 Å². The average molecular weight is 453 g/mol. The van der Waals surface area contributed by atoms with Gasteiger partial charge in [0.05, 0.1) is 0 Å². The third-order valence-corrected chi connectivity index (χ3v) is 6.18. The van der Waals surface area contributed by atoms with Crippen molar-refractivity contribution in [3.05, 3.63) is 95.1 Å². The lowest BCUT2D eigenvalue weighted by molar-refractivity contribution is 1.12. The molecule has 0 atom stereocenters. The lowest BCUT2D eigenvalue weighted by Gasteiger charge is -2.13. The highest BCUT2D eigenvalue weighted by molar-refractivity contribution is 5.74. The molecule has 0 aliphatic rings. The van der Waals surface area contributed by atoms with Crippen LogP contribution in [0.4, 0.5) is 22.7 Å². The van der Waals surface area contributed by atoms with Crippen LogP contribution in [0.2, 0.25) is 0 Å². The highest BCUT2D eigenvalue weighted by Gasteiger charge is 2.08. The van der Waals surface area contributed by atoms with E-state index in [1.165, 1.54) is 33.4 Å². The van der Waals surface area contributed by atoms with Crippen LogP contribution in [-0.4, -0.2) is 0 Å². The van der Waals surface area contributed by atoms with E-state index in [1.54, 1.807) is 0 Å². The molecule has 4 heteroatoms. The van der Waals surface area contributed by atoms with Gasteiger partial charge in [0.1, 0.15) is 0 Å². The van der Waals surface area contributed by atoms with Crippen LogP contribution < -0.4 is 22.9 Å². The Labute approximate surface area is 203 Å². The minimum atomic E-state index is 0.823. The van der Waals surface area contributed by atoms with E-state index in [0.717, 1.165) is 46.7 Å². The molecule has 8 N–H and O–H groups in total. The molecule has 0 saturated carbocycles. The Bertz CT molecular complexity index is 1190. The summed E-state index contributed by atoms with van der Waals surface area (Å²) in [5, 5.41) is 0. The SMILES string of the molecule is CCc1cc(N)ccc1-c1ccc(N)cc1CC.Cc1cc(-c2ccc(N)c(C)c2)ccc1N. The van der Waals surface area contributed by atoms with E-state index < -0.39 is 0 Å². The molecule has 0 aliphatic carbocycles. The molecule has 0 heterocycles. The molecule has 4 nitrogen and oxygen atoms in total. The Morgan fingerprint density at radius 1 is 0.500 bits per heavy atom. The predicted molar refractivity (Wildman–Crippen MR) is 150 cm³/mol. The molecule has 0 bridgehead atoms. The molecule has 4 aromatic rings. The number of benzene rings is 4. The molecule has 4 rings (SSSR count). The molecule has 0 spiro atoms. The summed E-state index contributed by atoms with van der Waals surface area (Å²) in [6, 6.07) is 24.4. The summed E-state index contributed by atoms with van der Waals surface area (Å²) in [5.41, 5.74) is 36.3. The molecule has 0 aromatic heterocycles. The molecule has 0 saturated heterocycles.